The number of aromatic nitrogens is 5. The maximum Gasteiger partial charge on any atom is 0.244 e. The Morgan fingerprint density at radius 2 is 1.93 bits per heavy atom. The SMILES string of the molecule is C#CC1(C(=O)Nc2ccc3[nH]nc(-c4ccnc(N)c4)c3c2)CCN(CC(=C)N2CCN(c3ncc(F)cn3)CC2)C1. The maximum absolute atomic E-state index is 13.6. The van der Waals surface area contributed by atoms with Gasteiger partial charge in [0.15, 0.2) is 5.82 Å². The summed E-state index contributed by atoms with van der Waals surface area (Å²) in [4.78, 5) is 32.2. The molecule has 1 amide bonds. The van der Waals surface area contributed by atoms with Crippen LogP contribution in [0, 0.1) is 23.6 Å². The summed E-state index contributed by atoms with van der Waals surface area (Å²) >= 11 is 0. The van der Waals surface area contributed by atoms with Crippen molar-refractivity contribution in [2.45, 2.75) is 6.42 Å². The first-order valence-corrected chi connectivity index (χ1v) is 13.7. The van der Waals surface area contributed by atoms with E-state index in [1.165, 1.54) is 12.4 Å². The zero-order chi connectivity index (χ0) is 29.3. The number of pyridine rings is 1. The van der Waals surface area contributed by atoms with Crippen molar-refractivity contribution in [3.63, 3.8) is 0 Å². The predicted molar refractivity (Wildman–Crippen MR) is 160 cm³/mol. The highest BCUT2D eigenvalue weighted by Gasteiger charge is 2.43. The van der Waals surface area contributed by atoms with Crippen LogP contribution in [-0.4, -0.2) is 86.7 Å². The van der Waals surface area contributed by atoms with Crippen molar-refractivity contribution >= 4 is 34.3 Å². The highest BCUT2D eigenvalue weighted by molar-refractivity contribution is 6.01. The molecule has 214 valence electrons. The van der Waals surface area contributed by atoms with Crippen molar-refractivity contribution in [1.82, 2.24) is 34.9 Å². The van der Waals surface area contributed by atoms with E-state index < -0.39 is 11.2 Å². The molecule has 1 atom stereocenters. The van der Waals surface area contributed by atoms with Gasteiger partial charge < -0.3 is 20.9 Å². The molecule has 0 bridgehead atoms. The zero-order valence-corrected chi connectivity index (χ0v) is 23.1. The lowest BCUT2D eigenvalue weighted by Crippen LogP contribution is -2.48. The van der Waals surface area contributed by atoms with Crippen molar-refractivity contribution in [3.05, 3.63) is 67.0 Å². The number of nitrogens with zero attached hydrogens (tertiary/aromatic N) is 7. The van der Waals surface area contributed by atoms with Gasteiger partial charge in [-0.2, -0.15) is 5.10 Å². The van der Waals surface area contributed by atoms with Crippen LogP contribution in [0.2, 0.25) is 0 Å². The van der Waals surface area contributed by atoms with Gasteiger partial charge in [0, 0.05) is 74.3 Å². The number of amides is 1. The Morgan fingerprint density at radius 3 is 2.67 bits per heavy atom. The number of piperazine rings is 1. The monoisotopic (exact) mass is 566 g/mol. The van der Waals surface area contributed by atoms with E-state index in [-0.39, 0.29) is 5.91 Å². The molecular formula is C30H31FN10O. The maximum atomic E-state index is 13.6. The molecule has 1 aromatic carbocycles. The molecule has 1 unspecified atom stereocenters. The summed E-state index contributed by atoms with van der Waals surface area (Å²) in [5.74, 6) is 3.07. The number of hydrogen-bond donors (Lipinski definition) is 3. The van der Waals surface area contributed by atoms with Gasteiger partial charge in [0.25, 0.3) is 0 Å². The Balaban J connectivity index is 1.08. The Morgan fingerprint density at radius 1 is 1.14 bits per heavy atom. The Bertz CT molecular complexity index is 1670. The molecule has 2 fully saturated rings. The van der Waals surface area contributed by atoms with Gasteiger partial charge >= 0.3 is 0 Å². The van der Waals surface area contributed by atoms with Crippen molar-refractivity contribution in [3.8, 4) is 23.6 Å². The minimum atomic E-state index is -0.952. The van der Waals surface area contributed by atoms with Crippen LogP contribution in [0.15, 0.2) is 61.2 Å². The number of H-pyrrole nitrogens is 1. The lowest BCUT2D eigenvalue weighted by atomic mass is 9.87. The number of likely N-dealkylation sites (tertiary alicyclic amines) is 1. The fourth-order valence-electron chi connectivity index (χ4n) is 5.60. The molecule has 2 aliphatic rings. The molecule has 0 aliphatic carbocycles. The first kappa shape index (κ1) is 27.2. The Labute approximate surface area is 242 Å². The number of carbonyl (C=O) groups excluding carboxylic acids is 1. The van der Waals surface area contributed by atoms with Crippen LogP contribution in [0.25, 0.3) is 22.2 Å². The molecule has 12 heteroatoms. The van der Waals surface area contributed by atoms with Crippen LogP contribution >= 0.6 is 0 Å². The zero-order valence-electron chi connectivity index (χ0n) is 23.1. The number of nitrogen functional groups attached to an aromatic ring is 1. The highest BCUT2D eigenvalue weighted by Crippen LogP contribution is 2.34. The lowest BCUT2D eigenvalue weighted by Gasteiger charge is -2.38. The Hall–Kier alpha value is -5.02. The van der Waals surface area contributed by atoms with E-state index in [1.807, 2.05) is 29.2 Å². The smallest absolute Gasteiger partial charge is 0.244 e. The van der Waals surface area contributed by atoms with Crippen LogP contribution in [0.5, 0.6) is 0 Å². The van der Waals surface area contributed by atoms with E-state index >= 15 is 0 Å². The molecule has 2 saturated heterocycles. The molecule has 4 aromatic rings. The molecule has 0 saturated carbocycles. The second-order valence-electron chi connectivity index (χ2n) is 10.7. The minimum absolute atomic E-state index is 0.205. The number of hydrogen-bond acceptors (Lipinski definition) is 9. The van der Waals surface area contributed by atoms with E-state index in [9.17, 15) is 9.18 Å². The summed E-state index contributed by atoms with van der Waals surface area (Å²) in [7, 11) is 0. The topological polar surface area (TPSA) is 132 Å². The summed E-state index contributed by atoms with van der Waals surface area (Å²) in [6.07, 6.45) is 10.5. The first-order chi connectivity index (χ1) is 20.3. The van der Waals surface area contributed by atoms with Crippen LogP contribution in [0.4, 0.5) is 21.8 Å². The van der Waals surface area contributed by atoms with Gasteiger partial charge in [-0.15, -0.1) is 6.42 Å². The number of terminal acetylenes is 1. The van der Waals surface area contributed by atoms with Crippen LogP contribution < -0.4 is 16.0 Å². The Kier molecular flexibility index (Phi) is 7.18. The minimum Gasteiger partial charge on any atom is -0.384 e. The van der Waals surface area contributed by atoms with Crippen LogP contribution in [-0.2, 0) is 4.79 Å². The average molecular weight is 567 g/mol. The number of carbonyl (C=O) groups is 1. The molecule has 3 aromatic heterocycles. The summed E-state index contributed by atoms with van der Waals surface area (Å²) in [5.41, 5.74) is 8.90. The normalized spacial score (nSPS) is 19.1. The largest absolute Gasteiger partial charge is 0.384 e. The highest BCUT2D eigenvalue weighted by atomic mass is 19.1. The van der Waals surface area contributed by atoms with E-state index in [0.29, 0.717) is 56.6 Å². The van der Waals surface area contributed by atoms with Gasteiger partial charge in [0.2, 0.25) is 11.9 Å². The number of aromatic amines is 1. The van der Waals surface area contributed by atoms with Gasteiger partial charge in [0.1, 0.15) is 16.9 Å². The van der Waals surface area contributed by atoms with Gasteiger partial charge in [0.05, 0.1) is 17.9 Å². The standard InChI is InChI=1S/C30H31FN10O/c1-3-30(28(42)36-23-4-5-25-24(15-23)27(38-37-25)21-6-8-33-26(32)14-21)7-9-39(19-30)18-20(2)40-10-12-41(13-11-40)29-34-16-22(31)17-35-29/h1,4-6,8,14-17H,2,7,9-13,18-19H2,(H2,32,33)(H,36,42)(H,37,38). The third-order valence-corrected chi connectivity index (χ3v) is 7.96. The second kappa shape index (κ2) is 11.1. The molecule has 0 spiro atoms. The molecule has 5 heterocycles. The number of anilines is 3. The second-order valence-corrected chi connectivity index (χ2v) is 10.7. The first-order valence-electron chi connectivity index (χ1n) is 13.7. The fraction of sp³-hybridized carbons (Fsp3) is 0.300. The summed E-state index contributed by atoms with van der Waals surface area (Å²) in [5, 5.41) is 11.4. The lowest BCUT2D eigenvalue weighted by molar-refractivity contribution is -0.122. The number of halogens is 1. The molecular weight excluding hydrogens is 535 g/mol. The van der Waals surface area contributed by atoms with Gasteiger partial charge in [-0.1, -0.05) is 12.5 Å². The van der Waals surface area contributed by atoms with Gasteiger partial charge in [-0.05, 0) is 36.8 Å². The number of rotatable bonds is 7. The summed E-state index contributed by atoms with van der Waals surface area (Å²) in [6, 6.07) is 9.19. The third-order valence-electron chi connectivity index (χ3n) is 7.96. The van der Waals surface area contributed by atoms with Crippen LogP contribution in [0.3, 0.4) is 0 Å². The molecule has 0 radical (unpaired) electrons. The van der Waals surface area contributed by atoms with E-state index in [0.717, 1.165) is 40.9 Å². The number of fused-ring (bicyclic) bond motifs is 1. The molecule has 2 aliphatic heterocycles. The number of nitrogens with two attached hydrogens (primary N) is 1. The third kappa shape index (κ3) is 5.34. The molecule has 42 heavy (non-hydrogen) atoms. The van der Waals surface area contributed by atoms with Crippen molar-refractivity contribution in [1.29, 1.82) is 0 Å². The van der Waals surface area contributed by atoms with E-state index in [1.54, 1.807) is 12.3 Å². The van der Waals surface area contributed by atoms with Crippen molar-refractivity contribution in [2.24, 2.45) is 5.41 Å². The van der Waals surface area contributed by atoms with Crippen molar-refractivity contribution in [2.75, 3.05) is 61.8 Å². The summed E-state index contributed by atoms with van der Waals surface area (Å²) < 4.78 is 13.2. The molecule has 6 rings (SSSR count). The number of nitrogens with one attached hydrogen (secondary N) is 2. The predicted octanol–water partition coefficient (Wildman–Crippen LogP) is 2.74. The molecule has 4 N–H and O–H groups in total. The van der Waals surface area contributed by atoms with E-state index in [4.69, 9.17) is 12.2 Å². The summed E-state index contributed by atoms with van der Waals surface area (Å²) in [6.45, 7) is 8.96. The van der Waals surface area contributed by atoms with Gasteiger partial charge in [-0.25, -0.2) is 19.3 Å². The molecule has 11 nitrogen and oxygen atoms in total. The van der Waals surface area contributed by atoms with Crippen molar-refractivity contribution < 1.29 is 9.18 Å². The quantitative estimate of drug-likeness (QED) is 0.289. The van der Waals surface area contributed by atoms with Crippen LogP contribution in [0.1, 0.15) is 6.42 Å². The van der Waals surface area contributed by atoms with Gasteiger partial charge in [-0.3, -0.25) is 14.8 Å². The number of benzene rings is 1. The van der Waals surface area contributed by atoms with E-state index in [2.05, 4.69) is 52.8 Å². The average Bonchev–Trinajstić information content (AvgIpc) is 3.62. The fourth-order valence-corrected chi connectivity index (χ4v) is 5.60.